The van der Waals surface area contributed by atoms with Gasteiger partial charge in [-0.2, -0.15) is 0 Å². The molecule has 0 aliphatic carbocycles. The summed E-state index contributed by atoms with van der Waals surface area (Å²) < 4.78 is 10.4. The van der Waals surface area contributed by atoms with Gasteiger partial charge in [0.15, 0.2) is 5.76 Å². The summed E-state index contributed by atoms with van der Waals surface area (Å²) in [4.78, 5) is 11.6. The van der Waals surface area contributed by atoms with Crippen LogP contribution in [0.3, 0.4) is 0 Å². The van der Waals surface area contributed by atoms with E-state index in [2.05, 4.69) is 5.16 Å². The van der Waals surface area contributed by atoms with Gasteiger partial charge in [0.2, 0.25) is 11.2 Å². The molecule has 0 amide bonds. The molecule has 0 spiro atoms. The molecule has 0 saturated carbocycles. The van der Waals surface area contributed by atoms with Crippen LogP contribution in [0.15, 0.2) is 57.0 Å². The van der Waals surface area contributed by atoms with Gasteiger partial charge in [-0.1, -0.05) is 35.5 Å². The van der Waals surface area contributed by atoms with Crippen LogP contribution in [-0.2, 0) is 6.61 Å². The third-order valence-electron chi connectivity index (χ3n) is 2.24. The SMILES string of the molecule is O=c1cc(/C=N\O)occ1OCc1ccccc1. The van der Waals surface area contributed by atoms with E-state index in [1.807, 2.05) is 30.3 Å². The van der Waals surface area contributed by atoms with E-state index in [4.69, 9.17) is 14.4 Å². The van der Waals surface area contributed by atoms with Gasteiger partial charge in [-0.3, -0.25) is 4.79 Å². The average Bonchev–Trinajstić information content (AvgIpc) is 2.39. The van der Waals surface area contributed by atoms with E-state index in [0.29, 0.717) is 6.61 Å². The fraction of sp³-hybridized carbons (Fsp3) is 0.0769. The lowest BCUT2D eigenvalue weighted by molar-refractivity contribution is 0.291. The summed E-state index contributed by atoms with van der Waals surface area (Å²) >= 11 is 0. The molecule has 1 N–H and O–H groups in total. The summed E-state index contributed by atoms with van der Waals surface area (Å²) in [6.45, 7) is 0.291. The van der Waals surface area contributed by atoms with Crippen molar-refractivity contribution in [1.82, 2.24) is 0 Å². The van der Waals surface area contributed by atoms with Crippen molar-refractivity contribution in [3.05, 3.63) is 64.2 Å². The first kappa shape index (κ1) is 11.9. The molecule has 0 radical (unpaired) electrons. The highest BCUT2D eigenvalue weighted by atomic mass is 16.5. The summed E-state index contributed by atoms with van der Waals surface area (Å²) in [7, 11) is 0. The van der Waals surface area contributed by atoms with Crippen LogP contribution in [0, 0.1) is 0 Å². The summed E-state index contributed by atoms with van der Waals surface area (Å²) in [6.07, 6.45) is 2.23. The van der Waals surface area contributed by atoms with Gasteiger partial charge in [-0.15, -0.1) is 0 Å². The number of hydrogen-bond donors (Lipinski definition) is 1. The first-order chi connectivity index (χ1) is 8.79. The van der Waals surface area contributed by atoms with Gasteiger partial charge in [-0.05, 0) is 5.56 Å². The Kier molecular flexibility index (Phi) is 3.76. The topological polar surface area (TPSA) is 72.0 Å². The van der Waals surface area contributed by atoms with Crippen LogP contribution in [0.25, 0.3) is 0 Å². The number of rotatable bonds is 4. The molecule has 1 aromatic heterocycles. The molecule has 1 aromatic carbocycles. The Morgan fingerprint density at radius 1 is 1.33 bits per heavy atom. The van der Waals surface area contributed by atoms with Gasteiger partial charge in [0.05, 0.1) is 0 Å². The monoisotopic (exact) mass is 245 g/mol. The van der Waals surface area contributed by atoms with Crippen LogP contribution in [0.5, 0.6) is 5.75 Å². The molecule has 0 saturated heterocycles. The lowest BCUT2D eigenvalue weighted by Crippen LogP contribution is -2.07. The first-order valence-electron chi connectivity index (χ1n) is 5.26. The average molecular weight is 245 g/mol. The molecule has 1 heterocycles. The summed E-state index contributed by atoms with van der Waals surface area (Å²) in [5, 5.41) is 11.1. The van der Waals surface area contributed by atoms with Crippen LogP contribution in [0.2, 0.25) is 0 Å². The van der Waals surface area contributed by atoms with E-state index >= 15 is 0 Å². The molecule has 0 aliphatic heterocycles. The van der Waals surface area contributed by atoms with Gasteiger partial charge >= 0.3 is 0 Å². The molecule has 0 bridgehead atoms. The Bertz CT molecular complexity index is 589. The Morgan fingerprint density at radius 3 is 2.78 bits per heavy atom. The molecule has 2 aromatic rings. The van der Waals surface area contributed by atoms with Crippen molar-refractivity contribution < 1.29 is 14.4 Å². The minimum Gasteiger partial charge on any atom is -0.482 e. The van der Waals surface area contributed by atoms with Gasteiger partial charge in [-0.25, -0.2) is 0 Å². The third kappa shape index (κ3) is 2.98. The molecule has 5 nitrogen and oxygen atoms in total. The maximum atomic E-state index is 11.6. The Hall–Kier alpha value is -2.56. The third-order valence-corrected chi connectivity index (χ3v) is 2.24. The van der Waals surface area contributed by atoms with Gasteiger partial charge in [0.25, 0.3) is 0 Å². The first-order valence-corrected chi connectivity index (χ1v) is 5.26. The zero-order valence-corrected chi connectivity index (χ0v) is 9.45. The van der Waals surface area contributed by atoms with Crippen molar-refractivity contribution in [3.63, 3.8) is 0 Å². The van der Waals surface area contributed by atoms with Gasteiger partial charge < -0.3 is 14.4 Å². The van der Waals surface area contributed by atoms with Crippen LogP contribution in [0.1, 0.15) is 11.3 Å². The highest BCUT2D eigenvalue weighted by Gasteiger charge is 2.03. The van der Waals surface area contributed by atoms with Crippen LogP contribution < -0.4 is 10.2 Å². The van der Waals surface area contributed by atoms with Gasteiger partial charge in [0.1, 0.15) is 19.1 Å². The summed E-state index contributed by atoms with van der Waals surface area (Å²) in [6, 6.07) is 10.7. The fourth-order valence-electron chi connectivity index (χ4n) is 1.38. The number of nitrogens with zero attached hydrogens (tertiary/aromatic N) is 1. The molecular formula is C13H11NO4. The summed E-state index contributed by atoms with van der Waals surface area (Å²) in [5.41, 5.74) is 0.630. The Morgan fingerprint density at radius 2 is 2.11 bits per heavy atom. The molecule has 2 rings (SSSR count). The van der Waals surface area contributed by atoms with Crippen LogP contribution in [-0.4, -0.2) is 11.4 Å². The standard InChI is InChI=1S/C13H11NO4/c15-12-6-11(7-14-16)17-9-13(12)18-8-10-4-2-1-3-5-10/h1-7,9,16H,8H2/b14-7-. The van der Waals surface area contributed by atoms with Crippen molar-refractivity contribution in [2.24, 2.45) is 5.16 Å². The second-order valence-corrected chi connectivity index (χ2v) is 3.53. The number of ether oxygens (including phenoxy) is 1. The zero-order chi connectivity index (χ0) is 12.8. The predicted octanol–water partition coefficient (Wildman–Crippen LogP) is 2.03. The van der Waals surface area contributed by atoms with Crippen LogP contribution >= 0.6 is 0 Å². The number of hydrogen-bond acceptors (Lipinski definition) is 5. The lowest BCUT2D eigenvalue weighted by Gasteiger charge is -2.04. The van der Waals surface area contributed by atoms with E-state index in [9.17, 15) is 4.79 Å². The van der Waals surface area contributed by atoms with Crippen molar-refractivity contribution >= 4 is 6.21 Å². The predicted molar refractivity (Wildman–Crippen MR) is 65.1 cm³/mol. The largest absolute Gasteiger partial charge is 0.482 e. The maximum Gasteiger partial charge on any atom is 0.227 e. The quantitative estimate of drug-likeness (QED) is 0.508. The van der Waals surface area contributed by atoms with Crippen molar-refractivity contribution in [2.75, 3.05) is 0 Å². The Labute approximate surface area is 103 Å². The van der Waals surface area contributed by atoms with Crippen LogP contribution in [0.4, 0.5) is 0 Å². The molecule has 0 fully saturated rings. The molecular weight excluding hydrogens is 234 g/mol. The van der Waals surface area contributed by atoms with Crippen molar-refractivity contribution in [3.8, 4) is 5.75 Å². The smallest absolute Gasteiger partial charge is 0.227 e. The minimum atomic E-state index is -0.327. The van der Waals surface area contributed by atoms with Gasteiger partial charge in [0, 0.05) is 6.07 Å². The summed E-state index contributed by atoms with van der Waals surface area (Å²) in [5.74, 6) is 0.281. The second-order valence-electron chi connectivity index (χ2n) is 3.53. The Balaban J connectivity index is 2.09. The van der Waals surface area contributed by atoms with E-state index in [0.717, 1.165) is 11.8 Å². The number of benzene rings is 1. The van der Waals surface area contributed by atoms with E-state index < -0.39 is 0 Å². The second kappa shape index (κ2) is 5.67. The highest BCUT2D eigenvalue weighted by molar-refractivity contribution is 5.74. The van der Waals surface area contributed by atoms with Crippen molar-refractivity contribution in [2.45, 2.75) is 6.61 Å². The molecule has 18 heavy (non-hydrogen) atoms. The van der Waals surface area contributed by atoms with Crippen molar-refractivity contribution in [1.29, 1.82) is 0 Å². The normalized spacial score (nSPS) is 10.7. The maximum absolute atomic E-state index is 11.6. The van der Waals surface area contributed by atoms with E-state index in [1.54, 1.807) is 0 Å². The number of oxime groups is 1. The highest BCUT2D eigenvalue weighted by Crippen LogP contribution is 2.08. The fourth-order valence-corrected chi connectivity index (χ4v) is 1.38. The zero-order valence-electron chi connectivity index (χ0n) is 9.45. The molecule has 5 heteroatoms. The molecule has 0 unspecified atom stereocenters. The lowest BCUT2D eigenvalue weighted by atomic mass is 10.2. The van der Waals surface area contributed by atoms with E-state index in [1.165, 1.54) is 12.3 Å². The molecule has 0 aliphatic rings. The molecule has 0 atom stereocenters. The van der Waals surface area contributed by atoms with E-state index in [-0.39, 0.29) is 16.9 Å². The molecule has 92 valence electrons. The minimum absolute atomic E-state index is 0.119.